The summed E-state index contributed by atoms with van der Waals surface area (Å²) in [5, 5.41) is 0. The molecule has 116 valence electrons. The van der Waals surface area contributed by atoms with Gasteiger partial charge in [0.15, 0.2) is 0 Å². The molecule has 0 amide bonds. The van der Waals surface area contributed by atoms with Crippen LogP contribution in [0.15, 0.2) is 29.2 Å². The highest BCUT2D eigenvalue weighted by Gasteiger charge is 2.24. The van der Waals surface area contributed by atoms with Crippen LogP contribution in [0.25, 0.3) is 0 Å². The first kappa shape index (κ1) is 16.3. The molecule has 0 saturated heterocycles. The number of benzene rings is 1. The summed E-state index contributed by atoms with van der Waals surface area (Å²) in [7, 11) is 1.44. The standard InChI is InChI=1S/C15H19ClO4S/c1-2-11-5-3-7-13(9-11)20-15(17)12-6-4-8-14(10-12)21(16,18)19/h4,6,8,10-11,13H,2-3,5,7,9H2,1H3. The van der Waals surface area contributed by atoms with Crippen molar-refractivity contribution in [2.45, 2.75) is 50.0 Å². The fraction of sp³-hybridized carbons (Fsp3) is 0.533. The minimum Gasteiger partial charge on any atom is -0.459 e. The molecule has 1 aromatic rings. The summed E-state index contributed by atoms with van der Waals surface area (Å²) in [6.45, 7) is 2.14. The molecule has 2 atom stereocenters. The highest BCUT2D eigenvalue weighted by atomic mass is 35.7. The minimum atomic E-state index is -3.84. The smallest absolute Gasteiger partial charge is 0.338 e. The molecule has 0 aliphatic heterocycles. The maximum absolute atomic E-state index is 12.1. The topological polar surface area (TPSA) is 60.4 Å². The van der Waals surface area contributed by atoms with Gasteiger partial charge in [-0.25, -0.2) is 13.2 Å². The lowest BCUT2D eigenvalue weighted by Gasteiger charge is -2.28. The Balaban J connectivity index is 2.07. The predicted molar refractivity (Wildman–Crippen MR) is 80.9 cm³/mol. The maximum atomic E-state index is 12.1. The van der Waals surface area contributed by atoms with E-state index in [0.29, 0.717) is 5.92 Å². The molecule has 1 fully saturated rings. The second kappa shape index (κ2) is 6.79. The van der Waals surface area contributed by atoms with Crippen molar-refractivity contribution in [2.75, 3.05) is 0 Å². The van der Waals surface area contributed by atoms with Gasteiger partial charge in [0.1, 0.15) is 6.10 Å². The monoisotopic (exact) mass is 330 g/mol. The summed E-state index contributed by atoms with van der Waals surface area (Å²) in [5.41, 5.74) is 0.218. The summed E-state index contributed by atoms with van der Waals surface area (Å²) in [4.78, 5) is 12.0. The fourth-order valence-corrected chi connectivity index (χ4v) is 3.51. The molecular weight excluding hydrogens is 312 g/mol. The van der Waals surface area contributed by atoms with E-state index in [9.17, 15) is 13.2 Å². The average Bonchev–Trinajstić information content (AvgIpc) is 2.46. The molecule has 0 radical (unpaired) electrons. The van der Waals surface area contributed by atoms with Crippen molar-refractivity contribution in [1.29, 1.82) is 0 Å². The largest absolute Gasteiger partial charge is 0.459 e. The Hall–Kier alpha value is -1.07. The molecule has 4 nitrogen and oxygen atoms in total. The molecule has 1 aliphatic carbocycles. The molecule has 0 N–H and O–H groups in total. The van der Waals surface area contributed by atoms with Gasteiger partial charge in [-0.2, -0.15) is 0 Å². The third-order valence-corrected chi connectivity index (χ3v) is 5.29. The molecule has 1 saturated carbocycles. The minimum absolute atomic E-state index is 0.0764. The van der Waals surface area contributed by atoms with Crippen molar-refractivity contribution in [2.24, 2.45) is 5.92 Å². The van der Waals surface area contributed by atoms with Crippen molar-refractivity contribution >= 4 is 25.7 Å². The third-order valence-electron chi connectivity index (χ3n) is 3.94. The van der Waals surface area contributed by atoms with E-state index in [1.807, 2.05) is 0 Å². The van der Waals surface area contributed by atoms with Crippen LogP contribution in [0.2, 0.25) is 0 Å². The number of esters is 1. The normalized spacial score (nSPS) is 22.8. The van der Waals surface area contributed by atoms with E-state index in [-0.39, 0.29) is 16.6 Å². The zero-order valence-corrected chi connectivity index (χ0v) is 13.5. The Morgan fingerprint density at radius 2 is 2.14 bits per heavy atom. The Morgan fingerprint density at radius 1 is 1.38 bits per heavy atom. The summed E-state index contributed by atoms with van der Waals surface area (Å²) < 4.78 is 28.1. The number of carbonyl (C=O) groups is 1. The molecule has 21 heavy (non-hydrogen) atoms. The Labute approximate surface area is 129 Å². The van der Waals surface area contributed by atoms with Crippen molar-refractivity contribution in [1.82, 2.24) is 0 Å². The SMILES string of the molecule is CCC1CCCC(OC(=O)c2cccc(S(=O)(=O)Cl)c2)C1. The number of hydrogen-bond acceptors (Lipinski definition) is 4. The van der Waals surface area contributed by atoms with Gasteiger partial charge in [0.05, 0.1) is 10.5 Å². The van der Waals surface area contributed by atoms with Gasteiger partial charge in [0.2, 0.25) is 0 Å². The number of rotatable bonds is 4. The first-order valence-electron chi connectivity index (χ1n) is 7.16. The Morgan fingerprint density at radius 3 is 2.81 bits per heavy atom. The van der Waals surface area contributed by atoms with Crippen LogP contribution in [-0.4, -0.2) is 20.5 Å². The molecule has 0 aromatic heterocycles. The number of carbonyl (C=O) groups excluding carboxylic acids is 1. The molecule has 0 heterocycles. The van der Waals surface area contributed by atoms with E-state index in [2.05, 4.69) is 6.92 Å². The van der Waals surface area contributed by atoms with Crippen LogP contribution in [0.1, 0.15) is 49.4 Å². The predicted octanol–water partition coefficient (Wildman–Crippen LogP) is 3.74. The van der Waals surface area contributed by atoms with E-state index in [4.69, 9.17) is 15.4 Å². The van der Waals surface area contributed by atoms with Crippen LogP contribution < -0.4 is 0 Å². The average molecular weight is 331 g/mol. The van der Waals surface area contributed by atoms with Gasteiger partial charge in [-0.15, -0.1) is 0 Å². The van der Waals surface area contributed by atoms with Gasteiger partial charge >= 0.3 is 5.97 Å². The number of ether oxygens (including phenoxy) is 1. The van der Waals surface area contributed by atoms with Crippen LogP contribution >= 0.6 is 10.7 Å². The van der Waals surface area contributed by atoms with Gasteiger partial charge in [-0.3, -0.25) is 0 Å². The van der Waals surface area contributed by atoms with E-state index in [0.717, 1.165) is 25.7 Å². The number of hydrogen-bond donors (Lipinski definition) is 0. The van der Waals surface area contributed by atoms with Gasteiger partial charge in [-0.05, 0) is 43.4 Å². The van der Waals surface area contributed by atoms with E-state index < -0.39 is 15.0 Å². The summed E-state index contributed by atoms with van der Waals surface area (Å²) in [6, 6.07) is 5.63. The lowest BCUT2D eigenvalue weighted by molar-refractivity contribution is 0.0139. The van der Waals surface area contributed by atoms with Crippen molar-refractivity contribution in [3.8, 4) is 0 Å². The fourth-order valence-electron chi connectivity index (χ4n) is 2.71. The molecule has 6 heteroatoms. The first-order valence-corrected chi connectivity index (χ1v) is 9.46. The van der Waals surface area contributed by atoms with Crippen LogP contribution in [0.4, 0.5) is 0 Å². The molecular formula is C15H19ClO4S. The van der Waals surface area contributed by atoms with Gasteiger partial charge in [-0.1, -0.05) is 25.8 Å². The highest BCUT2D eigenvalue weighted by Crippen LogP contribution is 2.29. The van der Waals surface area contributed by atoms with E-state index >= 15 is 0 Å². The van der Waals surface area contributed by atoms with Crippen LogP contribution in [0.5, 0.6) is 0 Å². The summed E-state index contributed by atoms with van der Waals surface area (Å²) in [6.07, 6.45) is 5.02. The zero-order valence-electron chi connectivity index (χ0n) is 11.9. The molecule has 2 unspecified atom stereocenters. The van der Waals surface area contributed by atoms with Crippen LogP contribution in [-0.2, 0) is 13.8 Å². The summed E-state index contributed by atoms with van der Waals surface area (Å²) in [5.74, 6) is 0.116. The van der Waals surface area contributed by atoms with Gasteiger partial charge in [0, 0.05) is 10.7 Å². The summed E-state index contributed by atoms with van der Waals surface area (Å²) >= 11 is 0. The molecule has 1 aromatic carbocycles. The quantitative estimate of drug-likeness (QED) is 0.623. The van der Waals surface area contributed by atoms with Crippen LogP contribution in [0.3, 0.4) is 0 Å². The molecule has 1 aliphatic rings. The maximum Gasteiger partial charge on any atom is 0.338 e. The Bertz CT molecular complexity index is 612. The second-order valence-electron chi connectivity index (χ2n) is 5.43. The van der Waals surface area contributed by atoms with E-state index in [1.54, 1.807) is 0 Å². The van der Waals surface area contributed by atoms with E-state index in [1.165, 1.54) is 30.7 Å². The second-order valence-corrected chi connectivity index (χ2v) is 8.00. The molecule has 0 spiro atoms. The number of halogens is 1. The lowest BCUT2D eigenvalue weighted by atomic mass is 9.85. The van der Waals surface area contributed by atoms with Crippen molar-refractivity contribution in [3.05, 3.63) is 29.8 Å². The highest BCUT2D eigenvalue weighted by molar-refractivity contribution is 8.13. The van der Waals surface area contributed by atoms with Gasteiger partial charge in [0.25, 0.3) is 9.05 Å². The molecule has 0 bridgehead atoms. The zero-order chi connectivity index (χ0) is 15.5. The lowest BCUT2D eigenvalue weighted by Crippen LogP contribution is -2.25. The Kier molecular flexibility index (Phi) is 5.27. The first-order chi connectivity index (χ1) is 9.90. The van der Waals surface area contributed by atoms with Crippen molar-refractivity contribution < 1.29 is 17.9 Å². The van der Waals surface area contributed by atoms with Crippen molar-refractivity contribution in [3.63, 3.8) is 0 Å². The third kappa shape index (κ3) is 4.45. The molecule has 2 rings (SSSR count). The van der Waals surface area contributed by atoms with Gasteiger partial charge < -0.3 is 4.74 Å². The van der Waals surface area contributed by atoms with Crippen LogP contribution in [0, 0.1) is 5.92 Å².